The molecule has 33 heavy (non-hydrogen) atoms. The Morgan fingerprint density at radius 2 is 1.91 bits per heavy atom. The van der Waals surface area contributed by atoms with Gasteiger partial charge in [-0.3, -0.25) is 15.5 Å². The molecule has 0 saturated heterocycles. The molecule has 1 aliphatic heterocycles. The molecule has 5 rings (SSSR count). The van der Waals surface area contributed by atoms with E-state index in [4.69, 9.17) is 19.1 Å². The summed E-state index contributed by atoms with van der Waals surface area (Å²) >= 11 is 0. The first-order valence-corrected chi connectivity index (χ1v) is 11.0. The zero-order valence-corrected chi connectivity index (χ0v) is 18.7. The molecule has 8 nitrogen and oxygen atoms in total. The van der Waals surface area contributed by atoms with Crippen LogP contribution in [0, 0.1) is 0 Å². The van der Waals surface area contributed by atoms with E-state index in [1.165, 1.54) is 7.11 Å². The van der Waals surface area contributed by atoms with Crippen LogP contribution < -0.4 is 20.4 Å². The number of ether oxygens (including phenoxy) is 2. The predicted molar refractivity (Wildman–Crippen MR) is 121 cm³/mol. The molecular formula is C25H27NO7. The number of hydrogen-bond donors (Lipinski definition) is 4. The summed E-state index contributed by atoms with van der Waals surface area (Å²) < 4.78 is 17.8. The third kappa shape index (κ3) is 3.45. The number of methoxy groups -OCH3 is 1. The number of fused-ring (bicyclic) bond motifs is 3. The lowest BCUT2D eigenvalue weighted by Gasteiger charge is -2.28. The van der Waals surface area contributed by atoms with E-state index in [2.05, 4.69) is 5.48 Å². The van der Waals surface area contributed by atoms with Gasteiger partial charge in [-0.25, -0.2) is 0 Å². The molecule has 0 spiro atoms. The Labute approximate surface area is 190 Å². The fourth-order valence-corrected chi connectivity index (χ4v) is 4.97. The zero-order valence-electron chi connectivity index (χ0n) is 18.7. The minimum atomic E-state index is -1.08. The molecule has 3 atom stereocenters. The van der Waals surface area contributed by atoms with Gasteiger partial charge in [-0.15, -0.1) is 0 Å². The Hall–Kier alpha value is -3.07. The van der Waals surface area contributed by atoms with Gasteiger partial charge in [-0.05, 0) is 44.4 Å². The fourth-order valence-electron chi connectivity index (χ4n) is 4.97. The maximum Gasteiger partial charge on any atom is 0.200 e. The molecular weight excluding hydrogens is 426 g/mol. The van der Waals surface area contributed by atoms with Gasteiger partial charge in [-0.2, -0.15) is 0 Å². The summed E-state index contributed by atoms with van der Waals surface area (Å²) in [4.78, 5) is 13.9. The van der Waals surface area contributed by atoms with Crippen LogP contribution in [0.3, 0.4) is 0 Å². The van der Waals surface area contributed by atoms with Crippen molar-refractivity contribution in [1.29, 1.82) is 0 Å². The fraction of sp³-hybridized carbons (Fsp3) is 0.400. The van der Waals surface area contributed by atoms with Crippen LogP contribution in [-0.4, -0.2) is 34.2 Å². The highest BCUT2D eigenvalue weighted by Gasteiger charge is 2.39. The van der Waals surface area contributed by atoms with Crippen LogP contribution in [0.1, 0.15) is 61.2 Å². The van der Waals surface area contributed by atoms with Crippen molar-refractivity contribution in [3.8, 4) is 11.5 Å². The van der Waals surface area contributed by atoms with Crippen molar-refractivity contribution in [2.75, 3.05) is 12.6 Å². The summed E-state index contributed by atoms with van der Waals surface area (Å²) in [5.41, 5.74) is 3.63. The summed E-state index contributed by atoms with van der Waals surface area (Å²) in [5, 5.41) is 30.6. The van der Waals surface area contributed by atoms with Crippen molar-refractivity contribution in [2.45, 2.75) is 56.8 Å². The second-order valence-electron chi connectivity index (χ2n) is 9.31. The Morgan fingerprint density at radius 1 is 1.18 bits per heavy atom. The first kappa shape index (κ1) is 21.8. The van der Waals surface area contributed by atoms with E-state index in [0.29, 0.717) is 47.4 Å². The smallest absolute Gasteiger partial charge is 0.200 e. The molecule has 3 aromatic rings. The molecule has 0 fully saturated rings. The quantitative estimate of drug-likeness (QED) is 0.442. The highest BCUT2D eigenvalue weighted by molar-refractivity contribution is 5.88. The second-order valence-corrected chi connectivity index (χ2v) is 9.31. The lowest BCUT2D eigenvalue weighted by molar-refractivity contribution is -0.0229. The van der Waals surface area contributed by atoms with Crippen LogP contribution in [0.25, 0.3) is 11.0 Å². The molecule has 2 heterocycles. The zero-order chi connectivity index (χ0) is 23.5. The van der Waals surface area contributed by atoms with Crippen LogP contribution in [0.15, 0.2) is 39.5 Å². The highest BCUT2D eigenvalue weighted by Crippen LogP contribution is 2.46. The second kappa shape index (κ2) is 7.76. The number of nitrogens with one attached hydrogen (secondary N) is 1. The largest absolute Gasteiger partial charge is 0.495 e. The third-order valence-electron chi connectivity index (χ3n) is 6.74. The lowest BCUT2D eigenvalue weighted by Crippen LogP contribution is -2.39. The van der Waals surface area contributed by atoms with E-state index < -0.39 is 17.8 Å². The normalized spacial score (nSPS) is 21.9. The number of aliphatic hydroxyl groups is 2. The minimum Gasteiger partial charge on any atom is -0.495 e. The van der Waals surface area contributed by atoms with Crippen molar-refractivity contribution in [1.82, 2.24) is 0 Å². The number of aliphatic hydroxyl groups excluding tert-OH is 1. The molecule has 0 amide bonds. The van der Waals surface area contributed by atoms with Crippen LogP contribution in [0.2, 0.25) is 0 Å². The van der Waals surface area contributed by atoms with Crippen molar-refractivity contribution < 1.29 is 29.3 Å². The molecule has 0 saturated carbocycles. The first-order valence-electron chi connectivity index (χ1n) is 11.0. The molecule has 2 aliphatic rings. The van der Waals surface area contributed by atoms with Crippen molar-refractivity contribution in [3.05, 3.63) is 63.0 Å². The molecule has 174 valence electrons. The van der Waals surface area contributed by atoms with Crippen LogP contribution in [0.5, 0.6) is 11.5 Å². The highest BCUT2D eigenvalue weighted by atomic mass is 16.5. The Bertz CT molecular complexity index is 1270. The van der Waals surface area contributed by atoms with Crippen molar-refractivity contribution in [2.24, 2.45) is 0 Å². The van der Waals surface area contributed by atoms with Crippen LogP contribution in [0.4, 0.5) is 5.69 Å². The van der Waals surface area contributed by atoms with E-state index in [1.54, 1.807) is 32.0 Å². The van der Waals surface area contributed by atoms with Crippen LogP contribution >= 0.6 is 0 Å². The SMILES string of the molecule is COc1c2c(cc3oc4c(c(=O)c13)C(c1ccc(NO)cc1)CCC4O)OC(C(C)(C)O)C2. The van der Waals surface area contributed by atoms with E-state index in [-0.39, 0.29) is 22.7 Å². The Morgan fingerprint density at radius 3 is 2.55 bits per heavy atom. The van der Waals surface area contributed by atoms with E-state index in [1.807, 2.05) is 12.1 Å². The van der Waals surface area contributed by atoms with E-state index in [9.17, 15) is 15.0 Å². The standard InChI is InChI=1S/C25H27NO7/c1-25(2,29)19-10-15-17(32-19)11-18-21(23(15)31-3)22(28)20-14(8-9-16(27)24(20)33-18)12-4-6-13(26-30)7-5-12/h4-7,11,14,16,19,26-27,29-30H,8-10H2,1-3H3. The Balaban J connectivity index is 1.72. The summed E-state index contributed by atoms with van der Waals surface area (Å²) in [5.74, 6) is 0.871. The molecule has 2 aromatic carbocycles. The number of anilines is 1. The van der Waals surface area contributed by atoms with E-state index in [0.717, 1.165) is 11.1 Å². The molecule has 3 unspecified atom stereocenters. The first-order chi connectivity index (χ1) is 15.7. The van der Waals surface area contributed by atoms with Gasteiger partial charge >= 0.3 is 0 Å². The van der Waals surface area contributed by atoms with Gasteiger partial charge in [-0.1, -0.05) is 12.1 Å². The maximum absolute atomic E-state index is 13.9. The van der Waals surface area contributed by atoms with Gasteiger partial charge in [0.05, 0.1) is 18.4 Å². The minimum absolute atomic E-state index is 0.245. The average molecular weight is 453 g/mol. The maximum atomic E-state index is 13.9. The predicted octanol–water partition coefficient (Wildman–Crippen LogP) is 3.64. The van der Waals surface area contributed by atoms with Gasteiger partial charge in [0.15, 0.2) is 0 Å². The average Bonchev–Trinajstić information content (AvgIpc) is 3.23. The van der Waals surface area contributed by atoms with Crippen molar-refractivity contribution in [3.63, 3.8) is 0 Å². The third-order valence-corrected chi connectivity index (χ3v) is 6.74. The molecule has 8 heteroatoms. The van der Waals surface area contributed by atoms with Crippen molar-refractivity contribution >= 4 is 16.7 Å². The Kier molecular flexibility index (Phi) is 5.12. The van der Waals surface area contributed by atoms with Gasteiger partial charge in [0, 0.05) is 29.5 Å². The molecule has 1 aromatic heterocycles. The number of hydrogen-bond acceptors (Lipinski definition) is 8. The lowest BCUT2D eigenvalue weighted by atomic mass is 9.79. The monoisotopic (exact) mass is 453 g/mol. The van der Waals surface area contributed by atoms with Gasteiger partial charge in [0.25, 0.3) is 0 Å². The summed E-state index contributed by atoms with van der Waals surface area (Å²) in [6, 6.07) is 8.79. The summed E-state index contributed by atoms with van der Waals surface area (Å²) in [6.07, 6.45) is 0.0469. The number of benzene rings is 2. The number of rotatable bonds is 4. The molecule has 4 N–H and O–H groups in total. The topological polar surface area (TPSA) is 121 Å². The summed E-state index contributed by atoms with van der Waals surface area (Å²) in [6.45, 7) is 3.35. The molecule has 0 radical (unpaired) electrons. The van der Waals surface area contributed by atoms with E-state index >= 15 is 0 Å². The van der Waals surface area contributed by atoms with Gasteiger partial charge in [0.2, 0.25) is 5.43 Å². The van der Waals surface area contributed by atoms with Gasteiger partial charge in [0.1, 0.15) is 40.4 Å². The van der Waals surface area contributed by atoms with Gasteiger partial charge < -0.3 is 24.1 Å². The summed E-state index contributed by atoms with van der Waals surface area (Å²) in [7, 11) is 1.50. The van der Waals surface area contributed by atoms with Crippen LogP contribution in [-0.2, 0) is 6.42 Å². The molecule has 0 bridgehead atoms. The molecule has 1 aliphatic carbocycles.